The molecule has 0 fully saturated rings. The van der Waals surface area contributed by atoms with E-state index in [2.05, 4.69) is 10.4 Å². The maximum absolute atomic E-state index is 5.75. The van der Waals surface area contributed by atoms with Crippen molar-refractivity contribution in [2.24, 2.45) is 5.84 Å². The summed E-state index contributed by atoms with van der Waals surface area (Å²) < 4.78 is 5.20. The first-order chi connectivity index (χ1) is 11.3. The van der Waals surface area contributed by atoms with Gasteiger partial charge in [0.25, 0.3) is 0 Å². The number of hydrogen-bond acceptors (Lipinski definition) is 6. The number of fused-ring (bicyclic) bond motifs is 3. The average molecular weight is 326 g/mol. The molecule has 6 heteroatoms. The fourth-order valence-corrected chi connectivity index (χ4v) is 4.39. The second-order valence-corrected chi connectivity index (χ2v) is 6.74. The van der Waals surface area contributed by atoms with Gasteiger partial charge in [-0.2, -0.15) is 0 Å². The van der Waals surface area contributed by atoms with E-state index in [1.54, 1.807) is 18.4 Å². The van der Waals surface area contributed by atoms with Crippen LogP contribution in [0.3, 0.4) is 0 Å². The number of nitrogens with two attached hydrogens (primary N) is 1. The SMILES string of the molecule is COc1ccc(-c2nc(NN)c3c4c(sc3n2)CCCC4)cc1. The van der Waals surface area contributed by atoms with Gasteiger partial charge in [-0.25, -0.2) is 15.8 Å². The first-order valence-corrected chi connectivity index (χ1v) is 8.55. The van der Waals surface area contributed by atoms with Gasteiger partial charge in [-0.3, -0.25) is 0 Å². The number of nitrogen functional groups attached to an aromatic ring is 1. The first-order valence-electron chi connectivity index (χ1n) is 7.73. The van der Waals surface area contributed by atoms with Crippen LogP contribution in [0.2, 0.25) is 0 Å². The van der Waals surface area contributed by atoms with Gasteiger partial charge in [-0.05, 0) is 55.5 Å². The molecule has 0 bridgehead atoms. The van der Waals surface area contributed by atoms with Crippen molar-refractivity contribution in [3.05, 3.63) is 34.7 Å². The van der Waals surface area contributed by atoms with Crippen LogP contribution in [0, 0.1) is 0 Å². The summed E-state index contributed by atoms with van der Waals surface area (Å²) in [6.45, 7) is 0. The molecule has 0 amide bonds. The van der Waals surface area contributed by atoms with E-state index in [4.69, 9.17) is 15.6 Å². The standard InChI is InChI=1S/C17H18N4OS/c1-22-11-8-6-10(7-9-11)15-19-16(21-18)14-12-4-2-3-5-13(12)23-17(14)20-15/h6-9H,2-5,18H2,1H3,(H,19,20,21). The van der Waals surface area contributed by atoms with E-state index in [0.717, 1.165) is 40.2 Å². The molecule has 0 atom stereocenters. The number of hydrogen-bond donors (Lipinski definition) is 2. The number of nitrogens with zero attached hydrogens (tertiary/aromatic N) is 2. The van der Waals surface area contributed by atoms with Gasteiger partial charge in [-0.15, -0.1) is 11.3 Å². The Morgan fingerprint density at radius 2 is 1.91 bits per heavy atom. The maximum Gasteiger partial charge on any atom is 0.163 e. The minimum absolute atomic E-state index is 0.687. The van der Waals surface area contributed by atoms with Crippen LogP contribution in [0.1, 0.15) is 23.3 Å². The molecule has 4 rings (SSSR count). The summed E-state index contributed by atoms with van der Waals surface area (Å²) in [6, 6.07) is 7.76. The summed E-state index contributed by atoms with van der Waals surface area (Å²) in [4.78, 5) is 11.9. The largest absolute Gasteiger partial charge is 0.497 e. The van der Waals surface area contributed by atoms with Crippen LogP contribution in [-0.2, 0) is 12.8 Å². The molecule has 0 spiro atoms. The van der Waals surface area contributed by atoms with Crippen LogP contribution >= 0.6 is 11.3 Å². The van der Waals surface area contributed by atoms with Gasteiger partial charge in [-0.1, -0.05) is 0 Å². The summed E-state index contributed by atoms with van der Waals surface area (Å²) in [7, 11) is 1.66. The van der Waals surface area contributed by atoms with Gasteiger partial charge in [0.1, 0.15) is 10.6 Å². The van der Waals surface area contributed by atoms with Crippen LogP contribution in [0.4, 0.5) is 5.82 Å². The Labute approximate surface area is 138 Å². The van der Waals surface area contributed by atoms with Gasteiger partial charge >= 0.3 is 0 Å². The maximum atomic E-state index is 5.75. The highest BCUT2D eigenvalue weighted by atomic mass is 32.1. The number of methoxy groups -OCH3 is 1. The number of rotatable bonds is 3. The molecule has 3 N–H and O–H groups in total. The highest BCUT2D eigenvalue weighted by Crippen LogP contribution is 2.39. The zero-order valence-electron chi connectivity index (χ0n) is 12.9. The zero-order valence-corrected chi connectivity index (χ0v) is 13.7. The smallest absolute Gasteiger partial charge is 0.163 e. The molecule has 3 aromatic rings. The molecule has 2 aromatic heterocycles. The summed E-state index contributed by atoms with van der Waals surface area (Å²) in [5.41, 5.74) is 5.10. The third-order valence-electron chi connectivity index (χ3n) is 4.30. The highest BCUT2D eigenvalue weighted by Gasteiger charge is 2.21. The number of aromatic nitrogens is 2. The Hall–Kier alpha value is -2.18. The molecular weight excluding hydrogens is 308 g/mol. The highest BCUT2D eigenvalue weighted by molar-refractivity contribution is 7.19. The van der Waals surface area contributed by atoms with E-state index < -0.39 is 0 Å². The van der Waals surface area contributed by atoms with Gasteiger partial charge in [0, 0.05) is 10.4 Å². The molecule has 0 saturated carbocycles. The molecule has 0 unspecified atom stereocenters. The lowest BCUT2D eigenvalue weighted by Gasteiger charge is -2.12. The molecular formula is C17H18N4OS. The lowest BCUT2D eigenvalue weighted by molar-refractivity contribution is 0.415. The van der Waals surface area contributed by atoms with Crippen molar-refractivity contribution < 1.29 is 4.74 Å². The summed E-state index contributed by atoms with van der Waals surface area (Å²) in [5, 5.41) is 1.10. The molecule has 23 heavy (non-hydrogen) atoms. The summed E-state index contributed by atoms with van der Waals surface area (Å²) in [5.74, 6) is 7.97. The number of ether oxygens (including phenoxy) is 1. The first kappa shape index (κ1) is 14.4. The second-order valence-electron chi connectivity index (χ2n) is 5.66. The third-order valence-corrected chi connectivity index (χ3v) is 5.49. The third kappa shape index (κ3) is 2.44. The zero-order chi connectivity index (χ0) is 15.8. The predicted octanol–water partition coefficient (Wildman–Crippen LogP) is 3.53. The Morgan fingerprint density at radius 3 is 2.65 bits per heavy atom. The van der Waals surface area contributed by atoms with Crippen molar-refractivity contribution in [3.63, 3.8) is 0 Å². The van der Waals surface area contributed by atoms with E-state index in [1.807, 2.05) is 24.3 Å². The van der Waals surface area contributed by atoms with E-state index in [-0.39, 0.29) is 0 Å². The normalized spacial score (nSPS) is 13.8. The van der Waals surface area contributed by atoms with Crippen molar-refractivity contribution in [2.75, 3.05) is 12.5 Å². The van der Waals surface area contributed by atoms with Crippen LogP contribution < -0.4 is 16.0 Å². The van der Waals surface area contributed by atoms with Gasteiger partial charge < -0.3 is 10.2 Å². The molecule has 0 aliphatic heterocycles. The van der Waals surface area contributed by atoms with Crippen LogP contribution in [0.25, 0.3) is 21.6 Å². The molecule has 2 heterocycles. The second kappa shape index (κ2) is 5.79. The van der Waals surface area contributed by atoms with Crippen molar-refractivity contribution in [2.45, 2.75) is 25.7 Å². The fourth-order valence-electron chi connectivity index (χ4n) is 3.13. The minimum Gasteiger partial charge on any atom is -0.497 e. The van der Waals surface area contributed by atoms with Crippen molar-refractivity contribution in [3.8, 4) is 17.1 Å². The number of benzene rings is 1. The van der Waals surface area contributed by atoms with Gasteiger partial charge in [0.05, 0.1) is 12.5 Å². The quantitative estimate of drug-likeness (QED) is 0.569. The minimum atomic E-state index is 0.687. The molecule has 1 aromatic carbocycles. The monoisotopic (exact) mass is 326 g/mol. The predicted molar refractivity (Wildman–Crippen MR) is 93.9 cm³/mol. The van der Waals surface area contributed by atoms with Crippen molar-refractivity contribution >= 4 is 27.4 Å². The van der Waals surface area contributed by atoms with E-state index >= 15 is 0 Å². The Bertz CT molecular complexity index is 857. The lowest BCUT2D eigenvalue weighted by atomic mass is 9.97. The number of thiophene rings is 1. The van der Waals surface area contributed by atoms with Crippen molar-refractivity contribution in [1.29, 1.82) is 0 Å². The topological polar surface area (TPSA) is 73.1 Å². The van der Waals surface area contributed by atoms with E-state index in [0.29, 0.717) is 5.82 Å². The number of hydrazine groups is 1. The van der Waals surface area contributed by atoms with Crippen LogP contribution in [0.15, 0.2) is 24.3 Å². The molecule has 118 valence electrons. The molecule has 5 nitrogen and oxygen atoms in total. The van der Waals surface area contributed by atoms with Crippen molar-refractivity contribution in [1.82, 2.24) is 9.97 Å². The fraction of sp³-hybridized carbons (Fsp3) is 0.294. The van der Waals surface area contributed by atoms with Gasteiger partial charge in [0.15, 0.2) is 11.6 Å². The molecule has 0 radical (unpaired) electrons. The van der Waals surface area contributed by atoms with E-state index in [9.17, 15) is 0 Å². The Balaban J connectivity index is 1.88. The summed E-state index contributed by atoms with van der Waals surface area (Å²) >= 11 is 1.77. The Kier molecular flexibility index (Phi) is 3.63. The average Bonchev–Trinajstić information content (AvgIpc) is 2.99. The summed E-state index contributed by atoms with van der Waals surface area (Å²) in [6.07, 6.45) is 4.71. The Morgan fingerprint density at radius 1 is 1.13 bits per heavy atom. The van der Waals surface area contributed by atoms with Crippen LogP contribution in [-0.4, -0.2) is 17.1 Å². The number of anilines is 1. The van der Waals surface area contributed by atoms with E-state index in [1.165, 1.54) is 23.3 Å². The number of nitrogens with one attached hydrogen (secondary N) is 1. The van der Waals surface area contributed by atoms with Gasteiger partial charge in [0.2, 0.25) is 0 Å². The molecule has 1 aliphatic rings. The van der Waals surface area contributed by atoms with Crippen LogP contribution in [0.5, 0.6) is 5.75 Å². The molecule has 0 saturated heterocycles. The molecule has 1 aliphatic carbocycles. The lowest BCUT2D eigenvalue weighted by Crippen LogP contribution is -2.11. The number of aryl methyl sites for hydroxylation is 2.